The number of carbonyl (C=O) groups is 1. The van der Waals surface area contributed by atoms with Crippen molar-refractivity contribution in [3.63, 3.8) is 0 Å². The van der Waals surface area contributed by atoms with Gasteiger partial charge in [0, 0.05) is 22.3 Å². The van der Waals surface area contributed by atoms with Crippen LogP contribution in [-0.4, -0.2) is 45.3 Å². The van der Waals surface area contributed by atoms with Crippen LogP contribution in [0.5, 0.6) is 0 Å². The van der Waals surface area contributed by atoms with E-state index >= 15 is 8.78 Å². The molecule has 0 saturated carbocycles. The van der Waals surface area contributed by atoms with E-state index in [1.165, 1.54) is 16.7 Å². The van der Waals surface area contributed by atoms with Crippen molar-refractivity contribution < 1.29 is 31.5 Å². The molecule has 2 aromatic carbocycles. The number of para-hydroxylation sites is 1. The molecule has 0 spiro atoms. The van der Waals surface area contributed by atoms with Crippen LogP contribution >= 0.6 is 15.9 Å². The van der Waals surface area contributed by atoms with E-state index in [2.05, 4.69) is 15.9 Å². The molecule has 0 aliphatic carbocycles. The van der Waals surface area contributed by atoms with Gasteiger partial charge in [0.2, 0.25) is 0 Å². The fourth-order valence-corrected chi connectivity index (χ4v) is 6.08. The summed E-state index contributed by atoms with van der Waals surface area (Å²) in [4.78, 5) is 14.6. The summed E-state index contributed by atoms with van der Waals surface area (Å²) in [6, 6.07) is 7.00. The fraction of sp³-hybridized carbons (Fsp3) is 0.483. The number of carbonyl (C=O) groups excluding carboxylic acids is 1. The molecule has 0 N–H and O–H groups in total. The standard InChI is InChI=1S/C29H32BrF5N2O2/c1-16(10-11-30)18-13-21(31)24(22(32)14-18)26-25-20(12-17(2)36(26)15-29(33,34)35)19-8-6-7-9-23(19)37(25)27(38)39-28(3,4)5/h6-9,13-14,16-17,26H,10-12,15H2,1-5H3/t16-,17-,26-/m1/s1. The van der Waals surface area contributed by atoms with E-state index < -0.39 is 53.7 Å². The normalized spacial score (nSPS) is 19.3. The number of nitrogens with zero attached hydrogens (tertiary/aromatic N) is 2. The van der Waals surface area contributed by atoms with Gasteiger partial charge in [0.15, 0.2) is 0 Å². The summed E-state index contributed by atoms with van der Waals surface area (Å²) in [6.45, 7) is 7.03. The highest BCUT2D eigenvalue weighted by atomic mass is 79.9. The molecule has 3 aromatic rings. The Morgan fingerprint density at radius 1 is 1.13 bits per heavy atom. The second-order valence-corrected chi connectivity index (χ2v) is 12.0. The molecular formula is C29H32BrF5N2O2. The van der Waals surface area contributed by atoms with Crippen molar-refractivity contribution in [2.75, 3.05) is 11.9 Å². The molecule has 0 fully saturated rings. The number of fused-ring (bicyclic) bond motifs is 3. The van der Waals surface area contributed by atoms with Gasteiger partial charge in [-0.2, -0.15) is 13.2 Å². The van der Waals surface area contributed by atoms with Crippen molar-refractivity contribution >= 4 is 32.9 Å². The maximum Gasteiger partial charge on any atom is 0.419 e. The highest BCUT2D eigenvalue weighted by Crippen LogP contribution is 2.46. The molecule has 0 amide bonds. The molecule has 1 aromatic heterocycles. The van der Waals surface area contributed by atoms with Crippen molar-refractivity contribution in [1.82, 2.24) is 9.47 Å². The topological polar surface area (TPSA) is 34.5 Å². The fourth-order valence-electron chi connectivity index (χ4n) is 5.39. The Hall–Kier alpha value is -2.46. The molecule has 4 nitrogen and oxygen atoms in total. The van der Waals surface area contributed by atoms with Gasteiger partial charge >= 0.3 is 12.3 Å². The van der Waals surface area contributed by atoms with Crippen LogP contribution in [-0.2, 0) is 11.2 Å². The molecule has 0 bridgehead atoms. The molecular weight excluding hydrogens is 583 g/mol. The van der Waals surface area contributed by atoms with Gasteiger partial charge in [0.25, 0.3) is 0 Å². The van der Waals surface area contributed by atoms with Crippen molar-refractivity contribution in [3.05, 3.63) is 70.4 Å². The van der Waals surface area contributed by atoms with Crippen molar-refractivity contribution in [2.24, 2.45) is 0 Å². The first-order valence-electron chi connectivity index (χ1n) is 12.9. The van der Waals surface area contributed by atoms with Gasteiger partial charge < -0.3 is 4.74 Å². The number of hydrogen-bond donors (Lipinski definition) is 0. The van der Waals surface area contributed by atoms with E-state index in [0.717, 1.165) is 4.90 Å². The minimum absolute atomic E-state index is 0.0897. The van der Waals surface area contributed by atoms with Gasteiger partial charge in [-0.3, -0.25) is 4.90 Å². The van der Waals surface area contributed by atoms with Crippen LogP contribution in [0.4, 0.5) is 26.7 Å². The Bertz CT molecular complexity index is 1360. The van der Waals surface area contributed by atoms with E-state index in [0.29, 0.717) is 33.8 Å². The predicted octanol–water partition coefficient (Wildman–Crippen LogP) is 8.49. The van der Waals surface area contributed by atoms with Crippen LogP contribution in [0.2, 0.25) is 0 Å². The lowest BCUT2D eigenvalue weighted by Gasteiger charge is -2.42. The van der Waals surface area contributed by atoms with Gasteiger partial charge in [0.1, 0.15) is 17.2 Å². The van der Waals surface area contributed by atoms with Gasteiger partial charge in [-0.1, -0.05) is 41.1 Å². The van der Waals surface area contributed by atoms with E-state index in [1.54, 1.807) is 52.0 Å². The predicted molar refractivity (Wildman–Crippen MR) is 145 cm³/mol. The van der Waals surface area contributed by atoms with Crippen molar-refractivity contribution in [3.8, 4) is 0 Å². The van der Waals surface area contributed by atoms with Crippen LogP contribution in [0.25, 0.3) is 10.9 Å². The number of alkyl halides is 4. The monoisotopic (exact) mass is 614 g/mol. The number of rotatable bonds is 5. The lowest BCUT2D eigenvalue weighted by molar-refractivity contribution is -0.155. The largest absolute Gasteiger partial charge is 0.443 e. The average molecular weight is 615 g/mol. The summed E-state index contributed by atoms with van der Waals surface area (Å²) in [5.74, 6) is -2.09. The molecule has 3 atom stereocenters. The Morgan fingerprint density at radius 2 is 1.74 bits per heavy atom. The highest BCUT2D eigenvalue weighted by molar-refractivity contribution is 9.09. The van der Waals surface area contributed by atoms with Crippen molar-refractivity contribution in [1.29, 1.82) is 0 Å². The zero-order chi connectivity index (χ0) is 28.9. The minimum Gasteiger partial charge on any atom is -0.443 e. The third kappa shape index (κ3) is 6.01. The van der Waals surface area contributed by atoms with Crippen LogP contribution in [0.1, 0.15) is 75.4 Å². The smallest absolute Gasteiger partial charge is 0.419 e. The molecule has 10 heteroatoms. The summed E-state index contributed by atoms with van der Waals surface area (Å²) in [5, 5.41) is 1.25. The van der Waals surface area contributed by atoms with Crippen LogP contribution < -0.4 is 0 Å². The van der Waals surface area contributed by atoms with E-state index in [9.17, 15) is 18.0 Å². The zero-order valence-corrected chi connectivity index (χ0v) is 24.1. The second-order valence-electron chi connectivity index (χ2n) is 11.2. The number of aromatic nitrogens is 1. The van der Waals surface area contributed by atoms with Gasteiger partial charge in [-0.05, 0) is 75.8 Å². The number of hydrogen-bond acceptors (Lipinski definition) is 3. The third-order valence-electron chi connectivity index (χ3n) is 7.10. The second kappa shape index (κ2) is 10.8. The molecule has 1 aliphatic rings. The average Bonchev–Trinajstić information content (AvgIpc) is 3.12. The first-order valence-corrected chi connectivity index (χ1v) is 14.0. The lowest BCUT2D eigenvalue weighted by atomic mass is 9.86. The van der Waals surface area contributed by atoms with Crippen LogP contribution in [0.15, 0.2) is 36.4 Å². The first kappa shape index (κ1) is 29.5. The Kier molecular flexibility index (Phi) is 8.21. The first-order chi connectivity index (χ1) is 18.1. The van der Waals surface area contributed by atoms with E-state index in [1.807, 2.05) is 6.92 Å². The molecule has 4 rings (SSSR count). The third-order valence-corrected chi connectivity index (χ3v) is 7.56. The van der Waals surface area contributed by atoms with Crippen LogP contribution in [0.3, 0.4) is 0 Å². The molecule has 0 radical (unpaired) electrons. The maximum atomic E-state index is 15.9. The van der Waals surface area contributed by atoms with E-state index in [-0.39, 0.29) is 18.0 Å². The number of benzene rings is 2. The Balaban J connectivity index is 2.04. The summed E-state index contributed by atoms with van der Waals surface area (Å²) < 4.78 is 80.3. The lowest BCUT2D eigenvalue weighted by Crippen LogP contribution is -2.48. The Morgan fingerprint density at radius 3 is 2.31 bits per heavy atom. The molecule has 0 saturated heterocycles. The van der Waals surface area contributed by atoms with Crippen molar-refractivity contribution in [2.45, 2.75) is 77.2 Å². The van der Waals surface area contributed by atoms with Gasteiger partial charge in [-0.25, -0.2) is 18.1 Å². The maximum absolute atomic E-state index is 15.9. The molecule has 1 aliphatic heterocycles. The van der Waals surface area contributed by atoms with Gasteiger partial charge in [0.05, 0.1) is 23.8 Å². The summed E-state index contributed by atoms with van der Waals surface area (Å²) in [5.41, 5.74) is 0.0464. The van der Waals surface area contributed by atoms with Gasteiger partial charge in [-0.15, -0.1) is 0 Å². The summed E-state index contributed by atoms with van der Waals surface area (Å²) in [7, 11) is 0. The quantitative estimate of drug-likeness (QED) is 0.213. The Labute approximate surface area is 233 Å². The number of halogens is 6. The number of ether oxygens (including phenoxy) is 1. The van der Waals surface area contributed by atoms with E-state index in [4.69, 9.17) is 4.74 Å². The van der Waals surface area contributed by atoms with Crippen LogP contribution in [0, 0.1) is 11.6 Å². The summed E-state index contributed by atoms with van der Waals surface area (Å²) >= 11 is 3.33. The minimum atomic E-state index is -4.65. The zero-order valence-electron chi connectivity index (χ0n) is 22.5. The highest BCUT2D eigenvalue weighted by Gasteiger charge is 2.46. The molecule has 39 heavy (non-hydrogen) atoms. The SMILES string of the molecule is C[C@H](CCBr)c1cc(F)c([C@@H]2c3c(c4ccccc4n3C(=O)OC(C)(C)C)C[C@@H](C)N2CC(F)(F)F)c(F)c1. The molecule has 212 valence electrons. The molecule has 0 unspecified atom stereocenters. The molecule has 2 heterocycles. The summed E-state index contributed by atoms with van der Waals surface area (Å²) in [6.07, 6.45) is -4.70.